The number of rotatable bonds is 8. The van der Waals surface area contributed by atoms with Crippen LogP contribution in [0.4, 0.5) is 4.39 Å². The first-order chi connectivity index (χ1) is 17.0. The van der Waals surface area contributed by atoms with Crippen LogP contribution >= 0.6 is 0 Å². The molecule has 1 saturated heterocycles. The Hall–Kier alpha value is -3.57. The number of halogens is 1. The fourth-order valence-corrected chi connectivity index (χ4v) is 4.80. The Kier molecular flexibility index (Phi) is 8.22. The van der Waals surface area contributed by atoms with Crippen LogP contribution < -0.4 is 4.74 Å². The molecule has 3 atom stereocenters. The second kappa shape index (κ2) is 11.7. The number of aromatic nitrogens is 3. The van der Waals surface area contributed by atoms with Gasteiger partial charge < -0.3 is 9.84 Å². The molecule has 0 bridgehead atoms. The van der Waals surface area contributed by atoms with Crippen LogP contribution in [-0.2, 0) is 4.79 Å². The molecule has 0 unspecified atom stereocenters. The van der Waals surface area contributed by atoms with E-state index >= 15 is 4.39 Å². The summed E-state index contributed by atoms with van der Waals surface area (Å²) in [7, 11) is 1.58. The highest BCUT2D eigenvalue weighted by molar-refractivity contribution is 5.83. The highest BCUT2D eigenvalue weighted by atomic mass is 19.1. The molecule has 0 aliphatic carbocycles. The van der Waals surface area contributed by atoms with E-state index in [1.54, 1.807) is 31.6 Å². The largest absolute Gasteiger partial charge is 0.497 e. The predicted octanol–water partition coefficient (Wildman–Crippen LogP) is 4.29. The number of likely N-dealkylation sites (tertiary alicyclic amines) is 1. The molecule has 35 heavy (non-hydrogen) atoms. The van der Waals surface area contributed by atoms with Crippen LogP contribution in [0.3, 0.4) is 0 Å². The van der Waals surface area contributed by atoms with Gasteiger partial charge in [0, 0.05) is 30.7 Å². The van der Waals surface area contributed by atoms with Crippen molar-refractivity contribution in [1.82, 2.24) is 19.9 Å². The number of pyridine rings is 1. The quantitative estimate of drug-likeness (QED) is 0.485. The molecule has 1 aliphatic heterocycles. The molecule has 3 heterocycles. The average Bonchev–Trinajstić information content (AvgIpc) is 2.87. The van der Waals surface area contributed by atoms with Crippen LogP contribution in [-0.4, -0.2) is 57.7 Å². The Labute approximate surface area is 204 Å². The summed E-state index contributed by atoms with van der Waals surface area (Å²) >= 11 is 0. The summed E-state index contributed by atoms with van der Waals surface area (Å²) in [6.45, 7) is 2.00. The number of aliphatic carboxylic acids is 1. The van der Waals surface area contributed by atoms with E-state index in [9.17, 15) is 9.90 Å². The van der Waals surface area contributed by atoms with Crippen molar-refractivity contribution in [3.05, 3.63) is 60.3 Å². The van der Waals surface area contributed by atoms with E-state index in [1.807, 2.05) is 18.2 Å². The van der Waals surface area contributed by atoms with Crippen molar-refractivity contribution in [2.24, 2.45) is 11.8 Å². The van der Waals surface area contributed by atoms with Gasteiger partial charge in [-0.05, 0) is 79.5 Å². The number of ether oxygens (including phenoxy) is 1. The summed E-state index contributed by atoms with van der Waals surface area (Å²) in [5.74, 6) is 6.09. The first-order valence-electron chi connectivity index (χ1n) is 11.8. The summed E-state index contributed by atoms with van der Waals surface area (Å²) in [6.07, 6.45) is 5.45. The van der Waals surface area contributed by atoms with Gasteiger partial charge in [-0.25, -0.2) is 14.4 Å². The summed E-state index contributed by atoms with van der Waals surface area (Å²) in [5.41, 5.74) is 1.99. The number of carboxylic acid groups (broad SMARTS) is 1. The average molecular weight is 477 g/mol. The third-order valence-electron chi connectivity index (χ3n) is 6.62. The molecule has 1 fully saturated rings. The minimum atomic E-state index is -1.16. The van der Waals surface area contributed by atoms with Crippen LogP contribution in [0, 0.1) is 23.7 Å². The summed E-state index contributed by atoms with van der Waals surface area (Å²) in [6, 6.07) is 8.94. The maximum Gasteiger partial charge on any atom is 0.303 e. The number of fused-ring (bicyclic) bond motifs is 1. The van der Waals surface area contributed by atoms with Crippen molar-refractivity contribution >= 4 is 16.9 Å². The molecular weight excluding hydrogens is 447 g/mol. The number of methoxy groups -OCH3 is 1. The van der Waals surface area contributed by atoms with E-state index in [0.29, 0.717) is 42.9 Å². The molecule has 182 valence electrons. The Morgan fingerprint density at radius 1 is 1.26 bits per heavy atom. The van der Waals surface area contributed by atoms with E-state index in [4.69, 9.17) is 4.74 Å². The summed E-state index contributed by atoms with van der Waals surface area (Å²) in [4.78, 5) is 26.0. The van der Waals surface area contributed by atoms with Crippen molar-refractivity contribution < 1.29 is 19.0 Å². The lowest BCUT2D eigenvalue weighted by molar-refractivity contribution is -0.139. The maximum absolute atomic E-state index is 15.4. The minimum absolute atomic E-state index is 0.0384. The zero-order chi connectivity index (χ0) is 24.6. The first-order valence-corrected chi connectivity index (χ1v) is 11.8. The SMILES string of the molecule is COc1ccc2nccc([C@@H](F)CC[C@@H]3CCN(CC#Cc4ccncn4)C[C@@H]3CC(=O)O)c2c1. The molecule has 4 rings (SSSR count). The van der Waals surface area contributed by atoms with E-state index in [-0.39, 0.29) is 18.3 Å². The van der Waals surface area contributed by atoms with Crippen molar-refractivity contribution in [3.63, 3.8) is 0 Å². The van der Waals surface area contributed by atoms with Gasteiger partial charge in [0.15, 0.2) is 0 Å². The lowest BCUT2D eigenvalue weighted by atomic mass is 9.79. The van der Waals surface area contributed by atoms with Gasteiger partial charge in [0.05, 0.1) is 19.2 Å². The zero-order valence-electron chi connectivity index (χ0n) is 19.7. The van der Waals surface area contributed by atoms with Gasteiger partial charge in [-0.2, -0.15) is 0 Å². The monoisotopic (exact) mass is 476 g/mol. The fourth-order valence-electron chi connectivity index (χ4n) is 4.80. The van der Waals surface area contributed by atoms with Crippen LogP contribution in [0.5, 0.6) is 5.75 Å². The predicted molar refractivity (Wildman–Crippen MR) is 131 cm³/mol. The van der Waals surface area contributed by atoms with Crippen LogP contribution in [0.15, 0.2) is 49.1 Å². The standard InChI is InChI=1S/C27H29FN4O3/c1-35-22-5-7-26-24(16-22)23(9-12-30-26)25(28)6-4-19-10-14-32(17-20(19)15-27(33)34)13-2-3-21-8-11-29-18-31-21/h5,7-9,11-12,16,18-20,25H,4,6,10,13-15,17H2,1H3,(H,33,34)/t19-,20+,25+/m1/s1. The molecule has 1 aliphatic rings. The van der Waals surface area contributed by atoms with Crippen LogP contribution in [0.1, 0.15) is 43.1 Å². The highest BCUT2D eigenvalue weighted by Gasteiger charge is 2.31. The zero-order valence-corrected chi connectivity index (χ0v) is 19.7. The second-order valence-electron chi connectivity index (χ2n) is 8.87. The normalized spacial score (nSPS) is 19.0. The van der Waals surface area contributed by atoms with Gasteiger partial charge in [-0.1, -0.05) is 5.92 Å². The highest BCUT2D eigenvalue weighted by Crippen LogP contribution is 2.36. The van der Waals surface area contributed by atoms with Gasteiger partial charge in [0.1, 0.15) is 23.9 Å². The van der Waals surface area contributed by atoms with Crippen LogP contribution in [0.25, 0.3) is 10.9 Å². The molecule has 0 spiro atoms. The molecule has 0 saturated carbocycles. The van der Waals surface area contributed by atoms with Gasteiger partial charge in [-0.15, -0.1) is 0 Å². The number of piperidine rings is 1. The Morgan fingerprint density at radius 2 is 2.14 bits per heavy atom. The minimum Gasteiger partial charge on any atom is -0.497 e. The Morgan fingerprint density at radius 3 is 2.91 bits per heavy atom. The number of carboxylic acids is 1. The smallest absolute Gasteiger partial charge is 0.303 e. The number of nitrogens with zero attached hydrogens (tertiary/aromatic N) is 4. The Balaban J connectivity index is 1.39. The van der Waals surface area contributed by atoms with Gasteiger partial charge >= 0.3 is 5.97 Å². The summed E-state index contributed by atoms with van der Waals surface area (Å²) in [5, 5.41) is 10.2. The molecule has 8 heteroatoms. The van der Waals surface area contributed by atoms with E-state index in [0.717, 1.165) is 23.9 Å². The first kappa shape index (κ1) is 24.6. The van der Waals surface area contributed by atoms with Crippen LogP contribution in [0.2, 0.25) is 0 Å². The van der Waals surface area contributed by atoms with E-state index in [2.05, 4.69) is 31.7 Å². The second-order valence-corrected chi connectivity index (χ2v) is 8.87. The molecule has 1 N–H and O–H groups in total. The fraction of sp³-hybridized carbons (Fsp3) is 0.407. The Bertz CT molecular complexity index is 1210. The van der Waals surface area contributed by atoms with Gasteiger partial charge in [0.2, 0.25) is 0 Å². The van der Waals surface area contributed by atoms with E-state index < -0.39 is 12.1 Å². The molecule has 1 aromatic carbocycles. The van der Waals surface area contributed by atoms with Gasteiger partial charge in [0.25, 0.3) is 0 Å². The maximum atomic E-state index is 15.4. The number of benzene rings is 1. The number of alkyl halides is 1. The molecule has 7 nitrogen and oxygen atoms in total. The lowest BCUT2D eigenvalue weighted by Gasteiger charge is -2.37. The number of hydrogen-bond acceptors (Lipinski definition) is 6. The number of carbonyl (C=O) groups is 1. The molecule has 0 radical (unpaired) electrons. The molecule has 2 aromatic heterocycles. The van der Waals surface area contributed by atoms with Crippen molar-refractivity contribution in [2.75, 3.05) is 26.7 Å². The number of hydrogen-bond donors (Lipinski definition) is 1. The molecule has 3 aromatic rings. The van der Waals surface area contributed by atoms with Crippen molar-refractivity contribution in [1.29, 1.82) is 0 Å². The van der Waals surface area contributed by atoms with E-state index in [1.165, 1.54) is 6.33 Å². The van der Waals surface area contributed by atoms with Gasteiger partial charge in [-0.3, -0.25) is 14.7 Å². The lowest BCUT2D eigenvalue weighted by Crippen LogP contribution is -2.41. The third kappa shape index (κ3) is 6.52. The topological polar surface area (TPSA) is 88.4 Å². The van der Waals surface area contributed by atoms with Crippen molar-refractivity contribution in [3.8, 4) is 17.6 Å². The summed E-state index contributed by atoms with van der Waals surface area (Å²) < 4.78 is 20.7. The van der Waals surface area contributed by atoms with Crippen molar-refractivity contribution in [2.45, 2.75) is 31.9 Å². The third-order valence-corrected chi connectivity index (χ3v) is 6.62. The molecular formula is C27H29FN4O3. The molecule has 0 amide bonds.